The van der Waals surface area contributed by atoms with Gasteiger partial charge in [-0.15, -0.1) is 0 Å². The number of aryl methyl sites for hydroxylation is 3. The topological polar surface area (TPSA) is 183 Å². The van der Waals surface area contributed by atoms with Gasteiger partial charge in [0.2, 0.25) is 11.8 Å². The van der Waals surface area contributed by atoms with Gasteiger partial charge in [0.25, 0.3) is 5.56 Å². The number of carbonyl (C=O) groups excluding carboxylic acids is 2. The monoisotopic (exact) mass is 555 g/mol. The fourth-order valence-corrected chi connectivity index (χ4v) is 4.41. The molecular formula is C27H41N9O4. The minimum Gasteiger partial charge on any atom is -0.382 e. The number of hydrogen-bond acceptors (Lipinski definition) is 8. The Morgan fingerprint density at radius 2 is 1.38 bits per heavy atom. The molecule has 0 atom stereocenters. The lowest BCUT2D eigenvalue weighted by Crippen LogP contribution is -2.33. The van der Waals surface area contributed by atoms with E-state index in [2.05, 4.69) is 30.6 Å². The molecule has 0 bridgehead atoms. The Labute approximate surface area is 233 Å². The normalized spacial score (nSPS) is 11.1. The van der Waals surface area contributed by atoms with E-state index in [4.69, 9.17) is 5.73 Å². The molecule has 0 radical (unpaired) electrons. The van der Waals surface area contributed by atoms with Crippen LogP contribution in [0.2, 0.25) is 0 Å². The fraction of sp³-hybridized carbons (Fsp3) is 0.593. The van der Waals surface area contributed by atoms with E-state index >= 15 is 0 Å². The Hall–Kier alpha value is -4.03. The van der Waals surface area contributed by atoms with Gasteiger partial charge < -0.3 is 20.9 Å². The number of carbonyl (C=O) groups is 2. The summed E-state index contributed by atoms with van der Waals surface area (Å²) in [4.78, 5) is 61.8. The van der Waals surface area contributed by atoms with Crippen molar-refractivity contribution in [1.29, 1.82) is 0 Å². The van der Waals surface area contributed by atoms with E-state index in [1.807, 2.05) is 4.57 Å². The number of hydrogen-bond donors (Lipinski definition) is 4. The van der Waals surface area contributed by atoms with Gasteiger partial charge in [0, 0.05) is 50.8 Å². The summed E-state index contributed by atoms with van der Waals surface area (Å²) in [7, 11) is 0. The second-order valence-electron chi connectivity index (χ2n) is 10.0. The van der Waals surface area contributed by atoms with Gasteiger partial charge in [0.15, 0.2) is 11.5 Å². The van der Waals surface area contributed by atoms with Crippen molar-refractivity contribution < 1.29 is 9.59 Å². The average Bonchev–Trinajstić information content (AvgIpc) is 3.35. The molecule has 13 heteroatoms. The number of nitrogens with zero attached hydrogens (tertiary/aromatic N) is 5. The number of unbranched alkanes of at least 4 members (excludes halogenated alkanes) is 8. The maximum absolute atomic E-state index is 12.1. The van der Waals surface area contributed by atoms with Gasteiger partial charge in [-0.1, -0.05) is 44.9 Å². The first-order chi connectivity index (χ1) is 19.3. The molecule has 2 amide bonds. The van der Waals surface area contributed by atoms with Crippen LogP contribution in [0.1, 0.15) is 76.2 Å². The minimum absolute atomic E-state index is 0.0133. The van der Waals surface area contributed by atoms with Crippen LogP contribution in [0.25, 0.3) is 11.2 Å². The third-order valence-corrected chi connectivity index (χ3v) is 6.78. The number of amides is 2. The molecule has 0 aromatic carbocycles. The highest BCUT2D eigenvalue weighted by atomic mass is 16.2. The Morgan fingerprint density at radius 1 is 0.825 bits per heavy atom. The number of aromatic amines is 1. The molecule has 13 nitrogen and oxygen atoms in total. The van der Waals surface area contributed by atoms with Gasteiger partial charge in [0.1, 0.15) is 11.8 Å². The summed E-state index contributed by atoms with van der Waals surface area (Å²) in [5.74, 6) is 0.251. The lowest BCUT2D eigenvalue weighted by Gasteiger charge is -2.08. The Morgan fingerprint density at radius 3 is 1.98 bits per heavy atom. The van der Waals surface area contributed by atoms with Crippen LogP contribution in [0.5, 0.6) is 0 Å². The maximum Gasteiger partial charge on any atom is 0.328 e. The van der Waals surface area contributed by atoms with Crippen molar-refractivity contribution in [2.45, 2.75) is 90.6 Å². The van der Waals surface area contributed by atoms with Crippen molar-refractivity contribution in [3.05, 3.63) is 45.3 Å². The smallest absolute Gasteiger partial charge is 0.328 e. The average molecular weight is 556 g/mol. The van der Waals surface area contributed by atoms with Gasteiger partial charge >= 0.3 is 5.69 Å². The summed E-state index contributed by atoms with van der Waals surface area (Å²) < 4.78 is 3.17. The predicted molar refractivity (Wildman–Crippen MR) is 153 cm³/mol. The maximum atomic E-state index is 12.1. The van der Waals surface area contributed by atoms with E-state index < -0.39 is 11.2 Å². The number of H-pyrrole nitrogens is 1. The highest BCUT2D eigenvalue weighted by molar-refractivity contribution is 5.81. The predicted octanol–water partition coefficient (Wildman–Crippen LogP) is 1.79. The van der Waals surface area contributed by atoms with Crippen molar-refractivity contribution in [1.82, 2.24) is 39.7 Å². The van der Waals surface area contributed by atoms with Crippen LogP contribution in [0, 0.1) is 6.92 Å². The molecule has 3 rings (SSSR count). The SMILES string of the molecule is Cc1cn(CCC(=O)NCCCCCCCCCCCNC(=O)CCn2cnc3c(N)ncnc32)c(=O)[nH]c1=O. The van der Waals surface area contributed by atoms with Crippen molar-refractivity contribution >= 4 is 28.8 Å². The van der Waals surface area contributed by atoms with Crippen molar-refractivity contribution in [2.75, 3.05) is 18.8 Å². The number of anilines is 1. The second kappa shape index (κ2) is 16.2. The van der Waals surface area contributed by atoms with Crippen molar-refractivity contribution in [2.24, 2.45) is 0 Å². The quantitative estimate of drug-likeness (QED) is 0.171. The number of nitrogen functional groups attached to an aromatic ring is 1. The largest absolute Gasteiger partial charge is 0.382 e. The molecular weight excluding hydrogens is 514 g/mol. The van der Waals surface area contributed by atoms with E-state index in [1.165, 1.54) is 36.4 Å². The second-order valence-corrected chi connectivity index (χ2v) is 10.0. The zero-order chi connectivity index (χ0) is 28.7. The molecule has 0 saturated heterocycles. The number of nitrogens with one attached hydrogen (secondary N) is 3. The Bertz CT molecular complexity index is 1360. The molecule has 3 aromatic rings. The first kappa shape index (κ1) is 30.5. The number of aromatic nitrogens is 6. The van der Waals surface area contributed by atoms with Gasteiger partial charge in [-0.25, -0.2) is 19.7 Å². The molecule has 0 unspecified atom stereocenters. The fourth-order valence-electron chi connectivity index (χ4n) is 4.41. The third kappa shape index (κ3) is 9.93. The van der Waals surface area contributed by atoms with E-state index in [-0.39, 0.29) is 24.8 Å². The van der Waals surface area contributed by atoms with Crippen molar-refractivity contribution in [3.63, 3.8) is 0 Å². The summed E-state index contributed by atoms with van der Waals surface area (Å²) in [5, 5.41) is 5.87. The molecule has 0 aliphatic rings. The molecule has 0 saturated carbocycles. The highest BCUT2D eigenvalue weighted by Crippen LogP contribution is 2.14. The molecule has 3 aromatic heterocycles. The molecule has 3 heterocycles. The van der Waals surface area contributed by atoms with Crippen LogP contribution in [0.15, 0.2) is 28.4 Å². The van der Waals surface area contributed by atoms with Gasteiger partial charge in [-0.3, -0.25) is 23.9 Å². The molecule has 0 fully saturated rings. The Kier molecular flexibility index (Phi) is 12.3. The van der Waals surface area contributed by atoms with Crippen LogP contribution < -0.4 is 27.6 Å². The lowest BCUT2D eigenvalue weighted by atomic mass is 10.1. The van der Waals surface area contributed by atoms with E-state index in [0.717, 1.165) is 38.5 Å². The van der Waals surface area contributed by atoms with Crippen LogP contribution in [-0.2, 0) is 22.7 Å². The zero-order valence-electron chi connectivity index (χ0n) is 23.3. The van der Waals surface area contributed by atoms with Crippen LogP contribution in [0.3, 0.4) is 0 Å². The summed E-state index contributed by atoms with van der Waals surface area (Å²) >= 11 is 0. The zero-order valence-corrected chi connectivity index (χ0v) is 23.3. The number of nitrogens with two attached hydrogens (primary N) is 1. The van der Waals surface area contributed by atoms with Crippen LogP contribution >= 0.6 is 0 Å². The van der Waals surface area contributed by atoms with Crippen LogP contribution in [-0.4, -0.2) is 54.0 Å². The summed E-state index contributed by atoms with van der Waals surface area (Å²) in [6, 6.07) is 0. The number of rotatable bonds is 18. The summed E-state index contributed by atoms with van der Waals surface area (Å²) in [6.45, 7) is 3.67. The van der Waals surface area contributed by atoms with Gasteiger partial charge in [-0.2, -0.15) is 0 Å². The molecule has 0 spiro atoms. The van der Waals surface area contributed by atoms with E-state index in [0.29, 0.717) is 48.6 Å². The summed E-state index contributed by atoms with van der Waals surface area (Å²) in [5.41, 5.74) is 6.53. The van der Waals surface area contributed by atoms with Gasteiger partial charge in [0.05, 0.1) is 6.33 Å². The van der Waals surface area contributed by atoms with Gasteiger partial charge in [-0.05, 0) is 19.8 Å². The minimum atomic E-state index is -0.495. The number of imidazole rings is 1. The molecule has 0 aliphatic carbocycles. The molecule has 218 valence electrons. The molecule has 0 aliphatic heterocycles. The first-order valence-electron chi connectivity index (χ1n) is 14.1. The molecule has 40 heavy (non-hydrogen) atoms. The van der Waals surface area contributed by atoms with Crippen LogP contribution in [0.4, 0.5) is 5.82 Å². The Balaban J connectivity index is 1.10. The standard InChI is InChI=1S/C27H41N9O4/c1-20-17-35(27(40)34-26(20)39)15-11-21(37)29-13-9-7-5-3-2-4-6-8-10-14-30-22(38)12-16-36-19-33-23-24(28)31-18-32-25(23)36/h17-19H,2-16H2,1H3,(H,29,37)(H,30,38)(H2,28,31,32)(H,34,39,40). The lowest BCUT2D eigenvalue weighted by molar-refractivity contribution is -0.122. The summed E-state index contributed by atoms with van der Waals surface area (Å²) in [6.07, 6.45) is 15.0. The molecule has 5 N–H and O–H groups in total. The van der Waals surface area contributed by atoms with Crippen molar-refractivity contribution in [3.8, 4) is 0 Å². The number of fused-ring (bicyclic) bond motifs is 1. The first-order valence-corrected chi connectivity index (χ1v) is 14.1. The van der Waals surface area contributed by atoms with E-state index in [1.54, 1.807) is 13.3 Å². The van der Waals surface area contributed by atoms with E-state index in [9.17, 15) is 19.2 Å². The third-order valence-electron chi connectivity index (χ3n) is 6.78. The highest BCUT2D eigenvalue weighted by Gasteiger charge is 2.09.